The van der Waals surface area contributed by atoms with Gasteiger partial charge in [-0.25, -0.2) is 0 Å². The third-order valence-corrected chi connectivity index (χ3v) is 5.04. The monoisotopic (exact) mass is 370 g/mol. The second kappa shape index (κ2) is 8.72. The molecule has 0 heterocycles. The van der Waals surface area contributed by atoms with Gasteiger partial charge in [0, 0.05) is 33.6 Å². The second-order valence-corrected chi connectivity index (χ2v) is 7.39. The molecule has 24 heavy (non-hydrogen) atoms. The van der Waals surface area contributed by atoms with Crippen molar-refractivity contribution < 1.29 is 9.59 Å². The van der Waals surface area contributed by atoms with Crippen molar-refractivity contribution in [2.45, 2.75) is 52.0 Å². The summed E-state index contributed by atoms with van der Waals surface area (Å²) in [6, 6.07) is 5.18. The van der Waals surface area contributed by atoms with Crippen LogP contribution in [0.1, 0.15) is 46.0 Å². The molecule has 1 aliphatic rings. The lowest BCUT2D eigenvalue weighted by Crippen LogP contribution is -2.39. The number of anilines is 1. The molecule has 0 aliphatic heterocycles. The molecule has 0 spiro atoms. The number of nitrogens with one attached hydrogen (secondary N) is 2. The summed E-state index contributed by atoms with van der Waals surface area (Å²) in [6.07, 6.45) is 3.86. The molecule has 1 aromatic rings. The molecule has 1 atom stereocenters. The highest BCUT2D eigenvalue weighted by Crippen LogP contribution is 2.30. The molecule has 1 fully saturated rings. The summed E-state index contributed by atoms with van der Waals surface area (Å²) in [7, 11) is 0. The zero-order valence-electron chi connectivity index (χ0n) is 14.1. The topological polar surface area (TPSA) is 58.2 Å². The minimum atomic E-state index is -0.0737. The third-order valence-electron chi connectivity index (χ3n) is 4.60. The number of amides is 2. The maximum Gasteiger partial charge on any atom is 0.227 e. The quantitative estimate of drug-likeness (QED) is 0.791. The standard InChI is InChI=1S/C18H24Cl2N2O2/c1-3-11(2)21-17(23)12-4-6-13(7-5-12)18(24)22-16-9-14(19)8-15(20)10-16/h8-13H,3-7H2,1-2H3,(H,21,23)(H,22,24). The van der Waals surface area contributed by atoms with E-state index in [0.29, 0.717) is 15.7 Å². The molecule has 2 rings (SSSR count). The largest absolute Gasteiger partial charge is 0.353 e. The van der Waals surface area contributed by atoms with Crippen LogP contribution < -0.4 is 10.6 Å². The van der Waals surface area contributed by atoms with Crippen molar-refractivity contribution in [1.82, 2.24) is 5.32 Å². The van der Waals surface area contributed by atoms with Crippen LogP contribution in [0.4, 0.5) is 5.69 Å². The van der Waals surface area contributed by atoms with Gasteiger partial charge in [0.05, 0.1) is 0 Å². The van der Waals surface area contributed by atoms with Crippen LogP contribution in [0.2, 0.25) is 10.0 Å². The Kier molecular flexibility index (Phi) is 6.93. The van der Waals surface area contributed by atoms with Crippen LogP contribution in [0.3, 0.4) is 0 Å². The molecule has 132 valence electrons. The first-order valence-corrected chi connectivity index (χ1v) is 9.22. The highest BCUT2D eigenvalue weighted by Gasteiger charge is 2.30. The van der Waals surface area contributed by atoms with Crippen LogP contribution in [-0.4, -0.2) is 17.9 Å². The molecule has 2 N–H and O–H groups in total. The molecule has 1 unspecified atom stereocenters. The van der Waals surface area contributed by atoms with E-state index in [0.717, 1.165) is 32.1 Å². The zero-order chi connectivity index (χ0) is 17.7. The van der Waals surface area contributed by atoms with Gasteiger partial charge in [0.1, 0.15) is 0 Å². The summed E-state index contributed by atoms with van der Waals surface area (Å²) in [5.74, 6) is 0.0259. The Balaban J connectivity index is 1.85. The van der Waals surface area contributed by atoms with Crippen molar-refractivity contribution in [2.24, 2.45) is 11.8 Å². The Morgan fingerprint density at radius 1 is 1.04 bits per heavy atom. The molecule has 0 saturated heterocycles. The first-order valence-electron chi connectivity index (χ1n) is 8.46. The molecule has 4 nitrogen and oxygen atoms in total. The Morgan fingerprint density at radius 2 is 1.54 bits per heavy atom. The molecule has 6 heteroatoms. The fourth-order valence-corrected chi connectivity index (χ4v) is 3.48. The Bertz CT molecular complexity index is 578. The lowest BCUT2D eigenvalue weighted by Gasteiger charge is -2.28. The van der Waals surface area contributed by atoms with Crippen molar-refractivity contribution in [2.75, 3.05) is 5.32 Å². The molecule has 2 amide bonds. The molecule has 1 saturated carbocycles. The number of rotatable bonds is 5. The first-order chi connectivity index (χ1) is 11.4. The van der Waals surface area contributed by atoms with E-state index in [-0.39, 0.29) is 29.7 Å². The number of carbonyl (C=O) groups excluding carboxylic acids is 2. The summed E-state index contributed by atoms with van der Waals surface area (Å²) < 4.78 is 0. The molecule has 0 bridgehead atoms. The number of hydrogen-bond donors (Lipinski definition) is 2. The van der Waals surface area contributed by atoms with Crippen molar-refractivity contribution in [3.8, 4) is 0 Å². The fraction of sp³-hybridized carbons (Fsp3) is 0.556. The van der Waals surface area contributed by atoms with Crippen LogP contribution >= 0.6 is 23.2 Å². The van der Waals surface area contributed by atoms with Gasteiger partial charge < -0.3 is 10.6 Å². The second-order valence-electron chi connectivity index (χ2n) is 6.51. The average molecular weight is 371 g/mol. The van der Waals surface area contributed by atoms with Crippen molar-refractivity contribution >= 4 is 40.7 Å². The summed E-state index contributed by atoms with van der Waals surface area (Å²) in [6.45, 7) is 4.06. The van der Waals surface area contributed by atoms with E-state index in [1.54, 1.807) is 18.2 Å². The number of carbonyl (C=O) groups is 2. The minimum Gasteiger partial charge on any atom is -0.353 e. The number of hydrogen-bond acceptors (Lipinski definition) is 2. The summed E-state index contributed by atoms with van der Waals surface area (Å²) in [5, 5.41) is 6.88. The van der Waals surface area contributed by atoms with Gasteiger partial charge in [-0.15, -0.1) is 0 Å². The van der Waals surface area contributed by atoms with Gasteiger partial charge in [-0.05, 0) is 57.2 Å². The maximum atomic E-state index is 12.4. The maximum absolute atomic E-state index is 12.4. The SMILES string of the molecule is CCC(C)NC(=O)C1CCC(C(=O)Nc2cc(Cl)cc(Cl)c2)CC1. The van der Waals surface area contributed by atoms with E-state index < -0.39 is 0 Å². The zero-order valence-corrected chi connectivity index (χ0v) is 15.6. The third kappa shape index (κ3) is 5.38. The van der Waals surface area contributed by atoms with E-state index in [2.05, 4.69) is 10.6 Å². The first kappa shape index (κ1) is 19.1. The summed E-state index contributed by atoms with van der Waals surface area (Å²) in [5.41, 5.74) is 0.606. The Morgan fingerprint density at radius 3 is 2.04 bits per heavy atom. The van der Waals surface area contributed by atoms with Gasteiger partial charge in [0.2, 0.25) is 11.8 Å². The van der Waals surface area contributed by atoms with Crippen molar-refractivity contribution in [3.05, 3.63) is 28.2 Å². The number of halogens is 2. The minimum absolute atomic E-state index is 0.0173. The van der Waals surface area contributed by atoms with Crippen LogP contribution in [0.25, 0.3) is 0 Å². The van der Waals surface area contributed by atoms with Gasteiger partial charge in [-0.2, -0.15) is 0 Å². The van der Waals surface area contributed by atoms with Crippen molar-refractivity contribution in [3.63, 3.8) is 0 Å². The molecule has 0 aromatic heterocycles. The van der Waals surface area contributed by atoms with Gasteiger partial charge in [-0.1, -0.05) is 30.1 Å². The Hall–Kier alpha value is -1.26. The summed E-state index contributed by atoms with van der Waals surface area (Å²) >= 11 is 11.9. The van der Waals surface area contributed by atoms with Gasteiger partial charge in [0.25, 0.3) is 0 Å². The smallest absolute Gasteiger partial charge is 0.227 e. The van der Waals surface area contributed by atoms with Gasteiger partial charge >= 0.3 is 0 Å². The molecular formula is C18H24Cl2N2O2. The molecule has 1 aromatic carbocycles. The average Bonchev–Trinajstić information content (AvgIpc) is 2.53. The lowest BCUT2D eigenvalue weighted by atomic mass is 9.81. The normalized spacial score (nSPS) is 21.8. The molecular weight excluding hydrogens is 347 g/mol. The predicted molar refractivity (Wildman–Crippen MR) is 98.4 cm³/mol. The van der Waals surface area contributed by atoms with Gasteiger partial charge in [0.15, 0.2) is 0 Å². The fourth-order valence-electron chi connectivity index (χ4n) is 2.95. The van der Waals surface area contributed by atoms with Crippen molar-refractivity contribution in [1.29, 1.82) is 0 Å². The predicted octanol–water partition coefficient (Wildman–Crippen LogP) is 4.65. The molecule has 0 radical (unpaired) electrons. The van der Waals surface area contributed by atoms with Crippen LogP contribution in [0.5, 0.6) is 0 Å². The molecule has 1 aliphatic carbocycles. The van der Waals surface area contributed by atoms with E-state index >= 15 is 0 Å². The van der Waals surface area contributed by atoms with Crippen LogP contribution in [0.15, 0.2) is 18.2 Å². The van der Waals surface area contributed by atoms with Crippen LogP contribution in [-0.2, 0) is 9.59 Å². The van der Waals surface area contributed by atoms with E-state index in [4.69, 9.17) is 23.2 Å². The Labute approximate surface area is 153 Å². The van der Waals surface area contributed by atoms with E-state index in [1.807, 2.05) is 13.8 Å². The highest BCUT2D eigenvalue weighted by atomic mass is 35.5. The highest BCUT2D eigenvalue weighted by molar-refractivity contribution is 6.35. The lowest BCUT2D eigenvalue weighted by molar-refractivity contribution is -0.129. The number of benzene rings is 1. The summed E-state index contributed by atoms with van der Waals surface area (Å²) in [4.78, 5) is 24.6. The van der Waals surface area contributed by atoms with Crippen LogP contribution in [0, 0.1) is 11.8 Å². The van der Waals surface area contributed by atoms with Gasteiger partial charge in [-0.3, -0.25) is 9.59 Å². The van der Waals surface area contributed by atoms with E-state index in [9.17, 15) is 9.59 Å². The van der Waals surface area contributed by atoms with E-state index in [1.165, 1.54) is 0 Å².